The number of halogens is 6. The summed E-state index contributed by atoms with van der Waals surface area (Å²) in [6.07, 6.45) is 3.11. The minimum absolute atomic E-state index is 0.232. The number of nitrogens with one attached hydrogen (secondary N) is 1. The number of rotatable bonds is 2. The van der Waals surface area contributed by atoms with E-state index >= 15 is 0 Å². The van der Waals surface area contributed by atoms with Crippen LogP contribution in [0.1, 0.15) is 0 Å². The van der Waals surface area contributed by atoms with Crippen LogP contribution in [0.2, 0.25) is 30.1 Å². The van der Waals surface area contributed by atoms with Gasteiger partial charge in [-0.25, -0.2) is 0 Å². The first-order chi connectivity index (χ1) is 11.8. The van der Waals surface area contributed by atoms with Crippen molar-refractivity contribution in [2.24, 2.45) is 0 Å². The van der Waals surface area contributed by atoms with Gasteiger partial charge in [0.2, 0.25) is 0 Å². The molecule has 128 valence electrons. The molecular weight excluding hydrogens is 447 g/mol. The highest BCUT2D eigenvalue weighted by Crippen LogP contribution is 2.36. The highest BCUT2D eigenvalue weighted by atomic mass is 35.5. The molecule has 0 spiro atoms. The van der Waals surface area contributed by atoms with Crippen molar-refractivity contribution in [2.45, 2.75) is 0 Å². The Morgan fingerprint density at radius 1 is 0.600 bits per heavy atom. The van der Waals surface area contributed by atoms with Gasteiger partial charge >= 0.3 is 0 Å². The lowest BCUT2D eigenvalue weighted by molar-refractivity contribution is 1.30. The predicted molar refractivity (Wildman–Crippen MR) is 108 cm³/mol. The highest BCUT2D eigenvalue weighted by Gasteiger charge is 2.15. The minimum atomic E-state index is -0.248. The van der Waals surface area contributed by atoms with Crippen LogP contribution in [0.25, 0.3) is 22.3 Å². The zero-order valence-electron chi connectivity index (χ0n) is 12.1. The van der Waals surface area contributed by atoms with E-state index in [4.69, 9.17) is 69.6 Å². The highest BCUT2D eigenvalue weighted by molar-refractivity contribution is 6.49. The second-order valence-electron chi connectivity index (χ2n) is 5.12. The van der Waals surface area contributed by atoms with Crippen LogP contribution in [-0.4, -0.2) is 4.98 Å². The molecule has 0 aliphatic carbocycles. The topological polar surface area (TPSA) is 32.9 Å². The van der Waals surface area contributed by atoms with Gasteiger partial charge in [-0.2, -0.15) is 0 Å². The summed E-state index contributed by atoms with van der Waals surface area (Å²) < 4.78 is 0. The summed E-state index contributed by atoms with van der Waals surface area (Å²) in [6, 6.07) is 6.30. The smallest absolute Gasteiger partial charge is 0.197 e. The van der Waals surface area contributed by atoms with E-state index in [-0.39, 0.29) is 35.6 Å². The third kappa shape index (κ3) is 3.66. The summed E-state index contributed by atoms with van der Waals surface area (Å²) in [5.41, 5.74) is 1.57. The molecule has 0 amide bonds. The molecule has 1 aromatic heterocycles. The third-order valence-corrected chi connectivity index (χ3v) is 5.93. The quantitative estimate of drug-likeness (QED) is 0.397. The summed E-state index contributed by atoms with van der Waals surface area (Å²) in [6.45, 7) is 0. The van der Waals surface area contributed by atoms with Crippen LogP contribution in [0.15, 0.2) is 41.5 Å². The van der Waals surface area contributed by atoms with Crippen LogP contribution in [0.5, 0.6) is 0 Å². The Labute approximate surface area is 173 Å². The van der Waals surface area contributed by atoms with Gasteiger partial charge in [0.15, 0.2) is 5.43 Å². The van der Waals surface area contributed by atoms with E-state index in [1.54, 1.807) is 36.7 Å². The standard InChI is InChI=1S/C17H7Cl6NO/c18-11-1-7(2-12(19)15(11)22)9-5-24-6-10(17(9)25)8-3-13(20)16(23)14(21)4-8/h1-6H,(H,24,25). The first-order valence-corrected chi connectivity index (χ1v) is 9.07. The lowest BCUT2D eigenvalue weighted by atomic mass is 10.0. The third-order valence-electron chi connectivity index (χ3n) is 3.53. The SMILES string of the molecule is O=c1c(-c2cc(Cl)c(Cl)c(Cl)c2)c[nH]cc1-c1cc(Cl)c(Cl)c(Cl)c1. The molecular formula is C17H7Cl6NO. The second kappa shape index (κ2) is 7.40. The minimum Gasteiger partial charge on any atom is -0.366 e. The largest absolute Gasteiger partial charge is 0.366 e. The van der Waals surface area contributed by atoms with Gasteiger partial charge in [0, 0.05) is 23.5 Å². The fourth-order valence-electron chi connectivity index (χ4n) is 2.34. The maximum Gasteiger partial charge on any atom is 0.197 e. The van der Waals surface area contributed by atoms with E-state index in [9.17, 15) is 4.79 Å². The van der Waals surface area contributed by atoms with Crippen molar-refractivity contribution < 1.29 is 0 Å². The molecule has 0 unspecified atom stereocenters. The van der Waals surface area contributed by atoms with Gasteiger partial charge in [-0.05, 0) is 35.4 Å². The van der Waals surface area contributed by atoms with Crippen molar-refractivity contribution in [3.8, 4) is 22.3 Å². The van der Waals surface area contributed by atoms with Crippen molar-refractivity contribution in [3.05, 3.63) is 77.0 Å². The first-order valence-electron chi connectivity index (χ1n) is 6.80. The van der Waals surface area contributed by atoms with Crippen molar-refractivity contribution >= 4 is 69.6 Å². The Morgan fingerprint density at radius 3 is 1.24 bits per heavy atom. The van der Waals surface area contributed by atoms with Gasteiger partial charge in [0.25, 0.3) is 0 Å². The molecule has 8 heteroatoms. The normalized spacial score (nSPS) is 11.0. The first kappa shape index (κ1) is 18.9. The number of aromatic nitrogens is 1. The van der Waals surface area contributed by atoms with Crippen LogP contribution in [-0.2, 0) is 0 Å². The molecule has 0 aliphatic heterocycles. The Bertz CT molecular complexity index is 919. The number of aromatic amines is 1. The molecule has 2 nitrogen and oxygen atoms in total. The Hall–Kier alpha value is -0.870. The number of pyridine rings is 1. The lowest BCUT2D eigenvalue weighted by Gasteiger charge is -2.09. The van der Waals surface area contributed by atoms with Crippen LogP contribution in [0.3, 0.4) is 0 Å². The molecule has 25 heavy (non-hydrogen) atoms. The average molecular weight is 454 g/mol. The Balaban J connectivity index is 2.21. The molecule has 0 aliphatic rings. The fourth-order valence-corrected chi connectivity index (χ4v) is 3.53. The van der Waals surface area contributed by atoms with Crippen molar-refractivity contribution in [1.82, 2.24) is 4.98 Å². The molecule has 3 rings (SSSR count). The van der Waals surface area contributed by atoms with Crippen molar-refractivity contribution in [1.29, 1.82) is 0 Å². The molecule has 1 heterocycles. The van der Waals surface area contributed by atoms with Gasteiger partial charge in [-0.3, -0.25) is 4.79 Å². The van der Waals surface area contributed by atoms with E-state index in [1.807, 2.05) is 0 Å². The van der Waals surface area contributed by atoms with E-state index in [0.717, 1.165) is 0 Å². The van der Waals surface area contributed by atoms with E-state index in [2.05, 4.69) is 4.98 Å². The van der Waals surface area contributed by atoms with Gasteiger partial charge in [-0.1, -0.05) is 69.6 Å². The van der Waals surface area contributed by atoms with Gasteiger partial charge in [0.1, 0.15) is 0 Å². The molecule has 2 aromatic carbocycles. The summed E-state index contributed by atoms with van der Waals surface area (Å²) in [4.78, 5) is 15.9. The number of hydrogen-bond acceptors (Lipinski definition) is 1. The van der Waals surface area contributed by atoms with E-state index < -0.39 is 0 Å². The molecule has 3 aromatic rings. The summed E-state index contributed by atoms with van der Waals surface area (Å²) >= 11 is 36.2. The molecule has 0 saturated heterocycles. The zero-order chi connectivity index (χ0) is 18.3. The molecule has 0 atom stereocenters. The molecule has 1 N–H and O–H groups in total. The van der Waals surface area contributed by atoms with Gasteiger partial charge in [0.05, 0.1) is 30.1 Å². The summed E-state index contributed by atoms with van der Waals surface area (Å²) in [7, 11) is 0. The number of H-pyrrole nitrogens is 1. The van der Waals surface area contributed by atoms with Crippen molar-refractivity contribution in [3.63, 3.8) is 0 Å². The fraction of sp³-hybridized carbons (Fsp3) is 0. The summed E-state index contributed by atoms with van der Waals surface area (Å²) in [5, 5.41) is 1.49. The predicted octanol–water partition coefficient (Wildman–Crippen LogP) is 7.63. The number of hydrogen-bond donors (Lipinski definition) is 1. The van der Waals surface area contributed by atoms with Gasteiger partial charge in [-0.15, -0.1) is 0 Å². The van der Waals surface area contributed by atoms with E-state index in [0.29, 0.717) is 22.3 Å². The number of benzene rings is 2. The van der Waals surface area contributed by atoms with E-state index in [1.165, 1.54) is 0 Å². The molecule has 0 radical (unpaired) electrons. The van der Waals surface area contributed by atoms with Gasteiger partial charge < -0.3 is 4.98 Å². The molecule has 0 fully saturated rings. The van der Waals surface area contributed by atoms with Crippen LogP contribution in [0.4, 0.5) is 0 Å². The zero-order valence-corrected chi connectivity index (χ0v) is 16.7. The second-order valence-corrected chi connectivity index (χ2v) is 7.50. The van der Waals surface area contributed by atoms with Crippen LogP contribution in [0, 0.1) is 0 Å². The van der Waals surface area contributed by atoms with Crippen LogP contribution < -0.4 is 5.43 Å². The maximum absolute atomic E-state index is 12.9. The van der Waals surface area contributed by atoms with Crippen molar-refractivity contribution in [2.75, 3.05) is 0 Å². The maximum atomic E-state index is 12.9. The summed E-state index contributed by atoms with van der Waals surface area (Å²) in [5.74, 6) is 0. The molecule has 0 saturated carbocycles. The van der Waals surface area contributed by atoms with Crippen LogP contribution >= 0.6 is 69.6 Å². The Kier molecular flexibility index (Phi) is 5.60. The molecule has 0 bridgehead atoms. The average Bonchev–Trinajstić information content (AvgIpc) is 2.57. The Morgan fingerprint density at radius 2 is 0.920 bits per heavy atom. The lowest BCUT2D eigenvalue weighted by Crippen LogP contribution is -2.08. The monoisotopic (exact) mass is 451 g/mol.